The van der Waals surface area contributed by atoms with Gasteiger partial charge in [0, 0.05) is 25.7 Å². The summed E-state index contributed by atoms with van der Waals surface area (Å²) in [5.74, 6) is 0.267. The van der Waals surface area contributed by atoms with Crippen LogP contribution in [-0.2, 0) is 27.8 Å². The Morgan fingerprint density at radius 3 is 2.75 bits per heavy atom. The lowest BCUT2D eigenvalue weighted by molar-refractivity contribution is -0.118. The van der Waals surface area contributed by atoms with Crippen molar-refractivity contribution < 1.29 is 13.2 Å². The normalized spacial score (nSPS) is 15.3. The first-order chi connectivity index (χ1) is 9.43. The van der Waals surface area contributed by atoms with Crippen LogP contribution in [0.3, 0.4) is 0 Å². The van der Waals surface area contributed by atoms with Gasteiger partial charge in [-0.15, -0.1) is 0 Å². The molecule has 20 heavy (non-hydrogen) atoms. The highest BCUT2D eigenvalue weighted by atomic mass is 32.2. The van der Waals surface area contributed by atoms with Crippen molar-refractivity contribution >= 4 is 21.6 Å². The number of hydrogen-bond acceptors (Lipinski definition) is 3. The molecule has 0 unspecified atom stereocenters. The lowest BCUT2D eigenvalue weighted by Crippen LogP contribution is -2.31. The molecule has 0 aliphatic carbocycles. The molecule has 1 aliphatic heterocycles. The summed E-state index contributed by atoms with van der Waals surface area (Å²) in [5.41, 5.74) is 2.94. The predicted molar refractivity (Wildman–Crippen MR) is 79.1 cm³/mol. The molecule has 1 amide bonds. The molecular formula is C14H20N2O3S. The maximum Gasteiger partial charge on any atom is 0.227 e. The molecule has 0 saturated carbocycles. The Hall–Kier alpha value is -1.40. The van der Waals surface area contributed by atoms with Crippen molar-refractivity contribution in [1.29, 1.82) is 0 Å². The van der Waals surface area contributed by atoms with Crippen LogP contribution >= 0.6 is 0 Å². The van der Waals surface area contributed by atoms with Gasteiger partial charge in [0.05, 0.1) is 5.75 Å². The number of carbonyl (C=O) groups is 1. The van der Waals surface area contributed by atoms with Crippen LogP contribution in [0, 0.1) is 0 Å². The first kappa shape index (κ1) is 15.0. The molecule has 1 aliphatic rings. The van der Waals surface area contributed by atoms with Crippen molar-refractivity contribution in [3.05, 3.63) is 29.3 Å². The summed E-state index contributed by atoms with van der Waals surface area (Å²) in [7, 11) is -1.42. The van der Waals surface area contributed by atoms with E-state index in [1.807, 2.05) is 25.1 Å². The number of aryl methyl sites for hydroxylation is 1. The average molecular weight is 296 g/mol. The molecule has 0 atom stereocenters. The summed E-state index contributed by atoms with van der Waals surface area (Å²) >= 11 is 0. The summed E-state index contributed by atoms with van der Waals surface area (Å²) < 4.78 is 25.8. The van der Waals surface area contributed by atoms with E-state index < -0.39 is 10.0 Å². The molecule has 1 N–H and O–H groups in total. The van der Waals surface area contributed by atoms with Gasteiger partial charge in [-0.3, -0.25) is 4.79 Å². The number of benzene rings is 1. The molecule has 1 aromatic rings. The third-order valence-electron chi connectivity index (χ3n) is 3.46. The number of carbonyl (C=O) groups excluding carboxylic acids is 1. The number of nitrogens with zero attached hydrogens (tertiary/aromatic N) is 1. The van der Waals surface area contributed by atoms with Crippen molar-refractivity contribution in [2.24, 2.45) is 0 Å². The molecule has 2 rings (SSSR count). The quantitative estimate of drug-likeness (QED) is 0.893. The summed E-state index contributed by atoms with van der Waals surface area (Å²) in [4.78, 5) is 13.3. The van der Waals surface area contributed by atoms with Gasteiger partial charge in [-0.2, -0.15) is 0 Å². The highest BCUT2D eigenvalue weighted by molar-refractivity contribution is 7.89. The number of hydrogen-bond donors (Lipinski definition) is 1. The zero-order valence-corrected chi connectivity index (χ0v) is 12.7. The maximum absolute atomic E-state index is 11.6. The van der Waals surface area contributed by atoms with Crippen LogP contribution in [-0.4, -0.2) is 27.1 Å². The zero-order valence-electron chi connectivity index (χ0n) is 11.8. The molecule has 110 valence electrons. The van der Waals surface area contributed by atoms with Crippen molar-refractivity contribution in [3.8, 4) is 0 Å². The molecule has 1 heterocycles. The summed E-state index contributed by atoms with van der Waals surface area (Å²) in [6, 6.07) is 5.73. The molecule has 5 nitrogen and oxygen atoms in total. The van der Waals surface area contributed by atoms with Crippen LogP contribution in [0.25, 0.3) is 0 Å². The van der Waals surface area contributed by atoms with Gasteiger partial charge in [0.2, 0.25) is 15.9 Å². The Kier molecular flexibility index (Phi) is 4.45. The third kappa shape index (κ3) is 3.37. The lowest BCUT2D eigenvalue weighted by atomic mass is 9.99. The van der Waals surface area contributed by atoms with E-state index in [1.54, 1.807) is 11.9 Å². The Morgan fingerprint density at radius 2 is 2.05 bits per heavy atom. The second-order valence-electron chi connectivity index (χ2n) is 5.06. The van der Waals surface area contributed by atoms with Crippen LogP contribution in [0.1, 0.15) is 30.9 Å². The van der Waals surface area contributed by atoms with Crippen LogP contribution in [0.4, 0.5) is 5.69 Å². The molecule has 0 fully saturated rings. The number of amides is 1. The smallest absolute Gasteiger partial charge is 0.227 e. The summed E-state index contributed by atoms with van der Waals surface area (Å²) in [5, 5.41) is 0. The minimum Gasteiger partial charge on any atom is -0.315 e. The van der Waals surface area contributed by atoms with E-state index in [9.17, 15) is 13.2 Å². The minimum atomic E-state index is -3.19. The van der Waals surface area contributed by atoms with E-state index in [4.69, 9.17) is 0 Å². The van der Waals surface area contributed by atoms with Gasteiger partial charge < -0.3 is 4.90 Å². The number of sulfonamides is 1. The van der Waals surface area contributed by atoms with Crippen molar-refractivity contribution in [3.63, 3.8) is 0 Å². The fourth-order valence-electron chi connectivity index (χ4n) is 2.35. The van der Waals surface area contributed by atoms with E-state index in [1.165, 1.54) is 0 Å². The van der Waals surface area contributed by atoms with E-state index in [-0.39, 0.29) is 11.7 Å². The lowest BCUT2D eigenvalue weighted by Gasteiger charge is -2.26. The number of rotatable bonds is 5. The highest BCUT2D eigenvalue weighted by Crippen LogP contribution is 2.27. The van der Waals surface area contributed by atoms with Crippen LogP contribution in [0.5, 0.6) is 0 Å². The second-order valence-corrected chi connectivity index (χ2v) is 6.98. The molecule has 0 aromatic heterocycles. The van der Waals surface area contributed by atoms with Gasteiger partial charge in [0.1, 0.15) is 0 Å². The second kappa shape index (κ2) is 5.93. The van der Waals surface area contributed by atoms with Crippen molar-refractivity contribution in [1.82, 2.24) is 4.72 Å². The largest absolute Gasteiger partial charge is 0.315 e. The van der Waals surface area contributed by atoms with Crippen molar-refractivity contribution in [2.75, 3.05) is 17.7 Å². The standard InChI is InChI=1S/C14H20N2O3S/c1-3-8-20(18,19)15-10-11-4-6-13-12(9-11)5-7-14(17)16(13)2/h4,6,9,15H,3,5,7-8,10H2,1-2H3. The fourth-order valence-corrected chi connectivity index (χ4v) is 3.42. The van der Waals surface area contributed by atoms with Gasteiger partial charge >= 0.3 is 0 Å². The topological polar surface area (TPSA) is 66.5 Å². The van der Waals surface area contributed by atoms with E-state index in [2.05, 4.69) is 4.72 Å². The Labute approximate surface area is 120 Å². The molecule has 0 saturated heterocycles. The Bertz CT molecular complexity index is 611. The van der Waals surface area contributed by atoms with Crippen LogP contribution < -0.4 is 9.62 Å². The van der Waals surface area contributed by atoms with E-state index in [0.29, 0.717) is 25.8 Å². The fraction of sp³-hybridized carbons (Fsp3) is 0.500. The molecule has 0 radical (unpaired) electrons. The maximum atomic E-state index is 11.6. The first-order valence-corrected chi connectivity index (χ1v) is 8.44. The number of nitrogens with one attached hydrogen (secondary N) is 1. The minimum absolute atomic E-state index is 0.119. The zero-order chi connectivity index (χ0) is 14.8. The van der Waals surface area contributed by atoms with Gasteiger partial charge in [-0.05, 0) is 30.0 Å². The van der Waals surface area contributed by atoms with Gasteiger partial charge in [0.25, 0.3) is 0 Å². The number of anilines is 1. The monoisotopic (exact) mass is 296 g/mol. The molecule has 1 aromatic carbocycles. The third-order valence-corrected chi connectivity index (χ3v) is 4.99. The van der Waals surface area contributed by atoms with E-state index >= 15 is 0 Å². The number of fused-ring (bicyclic) bond motifs is 1. The van der Waals surface area contributed by atoms with Crippen molar-refractivity contribution in [2.45, 2.75) is 32.7 Å². The average Bonchev–Trinajstić information content (AvgIpc) is 2.41. The Morgan fingerprint density at radius 1 is 1.30 bits per heavy atom. The van der Waals surface area contributed by atoms with Gasteiger partial charge in [-0.25, -0.2) is 13.1 Å². The predicted octanol–water partition coefficient (Wildman–Crippen LogP) is 1.42. The van der Waals surface area contributed by atoms with Crippen LogP contribution in [0.2, 0.25) is 0 Å². The van der Waals surface area contributed by atoms with Gasteiger partial charge in [0.15, 0.2) is 0 Å². The molecule has 0 bridgehead atoms. The summed E-state index contributed by atoms with van der Waals surface area (Å²) in [6.07, 6.45) is 1.83. The van der Waals surface area contributed by atoms with Gasteiger partial charge in [-0.1, -0.05) is 19.1 Å². The summed E-state index contributed by atoms with van der Waals surface area (Å²) in [6.45, 7) is 2.14. The highest BCUT2D eigenvalue weighted by Gasteiger charge is 2.20. The molecule has 6 heteroatoms. The first-order valence-electron chi connectivity index (χ1n) is 6.78. The molecule has 0 spiro atoms. The molecular weight excluding hydrogens is 276 g/mol. The van der Waals surface area contributed by atoms with E-state index in [0.717, 1.165) is 16.8 Å². The SMILES string of the molecule is CCCS(=O)(=O)NCc1ccc2c(c1)CCC(=O)N2C. The van der Waals surface area contributed by atoms with Crippen LogP contribution in [0.15, 0.2) is 18.2 Å². The Balaban J connectivity index is 2.11.